The molecule has 31 heavy (non-hydrogen) atoms. The highest BCUT2D eigenvalue weighted by Gasteiger charge is 2.80. The van der Waals surface area contributed by atoms with E-state index >= 15 is 0 Å². The predicted molar refractivity (Wildman–Crippen MR) is 114 cm³/mol. The molecule has 0 aliphatic heterocycles. The van der Waals surface area contributed by atoms with Crippen LogP contribution < -0.4 is 0 Å². The number of alkyl halides is 6. The van der Waals surface area contributed by atoms with E-state index in [0.717, 1.165) is 58.3 Å². The number of rotatable bonds is 8. The van der Waals surface area contributed by atoms with Gasteiger partial charge in [0.05, 0.1) is 18.2 Å². The van der Waals surface area contributed by atoms with Crippen LogP contribution in [-0.2, 0) is 0 Å². The van der Waals surface area contributed by atoms with Gasteiger partial charge in [0.2, 0.25) is 0 Å². The van der Waals surface area contributed by atoms with E-state index in [1.807, 2.05) is 0 Å². The predicted octanol–water partition coefficient (Wildman–Crippen LogP) is 7.49. The van der Waals surface area contributed by atoms with Gasteiger partial charge in [0, 0.05) is 22.3 Å². The highest BCUT2D eigenvalue weighted by atomic mass is 32.2. The number of allylic oxidation sites excluding steroid dienone is 2. The molecule has 0 saturated carbocycles. The van der Waals surface area contributed by atoms with Crippen molar-refractivity contribution in [1.29, 1.82) is 0 Å². The molecule has 2 heterocycles. The van der Waals surface area contributed by atoms with E-state index in [1.54, 1.807) is 13.8 Å². The second-order valence-electron chi connectivity index (χ2n) is 6.27. The molecule has 0 radical (unpaired) electrons. The van der Waals surface area contributed by atoms with Crippen molar-refractivity contribution < 1.29 is 35.9 Å². The van der Waals surface area contributed by atoms with Gasteiger partial charge in [0.1, 0.15) is 0 Å². The molecule has 1 aliphatic rings. The maximum atomic E-state index is 15.0. The van der Waals surface area contributed by atoms with E-state index in [4.69, 9.17) is 0 Å². The lowest BCUT2D eigenvalue weighted by atomic mass is 9.98. The summed E-state index contributed by atoms with van der Waals surface area (Å²) in [6, 6.07) is 1.88. The van der Waals surface area contributed by atoms with E-state index in [9.17, 15) is 35.9 Å². The van der Waals surface area contributed by atoms with Gasteiger partial charge in [-0.3, -0.25) is 9.59 Å². The molecule has 12 heteroatoms. The fourth-order valence-electron chi connectivity index (χ4n) is 3.16. The second kappa shape index (κ2) is 8.60. The maximum Gasteiger partial charge on any atom is 0.380 e. The van der Waals surface area contributed by atoms with Gasteiger partial charge >= 0.3 is 17.8 Å². The molecule has 3 rings (SSSR count). The monoisotopic (exact) mass is 516 g/mol. The van der Waals surface area contributed by atoms with Crippen molar-refractivity contribution in [1.82, 2.24) is 0 Å². The van der Waals surface area contributed by atoms with E-state index in [1.165, 1.54) is 0 Å². The molecule has 0 unspecified atom stereocenters. The molecule has 2 nitrogen and oxygen atoms in total. The molecule has 168 valence electrons. The largest absolute Gasteiger partial charge is 0.380 e. The molecule has 0 aromatic carbocycles. The zero-order valence-electron chi connectivity index (χ0n) is 15.9. The number of carbonyl (C=O) groups is 2. The van der Waals surface area contributed by atoms with Gasteiger partial charge in [0.25, 0.3) is 0 Å². The molecule has 0 amide bonds. The van der Waals surface area contributed by atoms with Gasteiger partial charge in [-0.2, -0.15) is 26.3 Å². The summed E-state index contributed by atoms with van der Waals surface area (Å²) < 4.78 is 89.1. The first-order chi connectivity index (χ1) is 14.5. The molecule has 0 bridgehead atoms. The fraction of sp³-hybridized carbons (Fsp3) is 0.368. The molecular weight excluding hydrogens is 502 g/mol. The normalized spacial score (nSPS) is 19.1. The zero-order chi connectivity index (χ0) is 23.2. The Bertz CT molecular complexity index is 974. The van der Waals surface area contributed by atoms with Crippen molar-refractivity contribution in [3.8, 4) is 0 Å². The Morgan fingerprint density at radius 3 is 1.42 bits per heavy atom. The molecular formula is C19H14F6O2S4. The van der Waals surface area contributed by atoms with Gasteiger partial charge < -0.3 is 0 Å². The number of thiophene rings is 2. The standard InChI is InChI=1S/C19H14F6O2S4/c1-3-28-15-11(5-9(7-26)30-15)13-14(18(22,23)19(24,25)17(13,20)21)12-6-10(8-27)31-16(12)29-4-2/h5-8H,3-4H2,1-2H3. The molecule has 0 atom stereocenters. The average molecular weight is 517 g/mol. The van der Waals surface area contributed by atoms with Crippen LogP contribution in [0.4, 0.5) is 26.3 Å². The molecule has 0 saturated heterocycles. The van der Waals surface area contributed by atoms with E-state index in [2.05, 4.69) is 0 Å². The number of halogens is 6. The van der Waals surface area contributed by atoms with Crippen LogP contribution in [0.5, 0.6) is 0 Å². The molecule has 2 aromatic heterocycles. The summed E-state index contributed by atoms with van der Waals surface area (Å²) in [5.74, 6) is -15.4. The Labute approximate surface area is 190 Å². The van der Waals surface area contributed by atoms with Crippen LogP contribution in [0.1, 0.15) is 44.3 Å². The summed E-state index contributed by atoms with van der Waals surface area (Å²) in [6.45, 7) is 3.34. The van der Waals surface area contributed by atoms with Gasteiger partial charge in [-0.05, 0) is 23.6 Å². The number of thioether (sulfide) groups is 2. The second-order valence-corrected chi connectivity index (χ2v) is 11.5. The minimum Gasteiger partial charge on any atom is -0.297 e. The Hall–Kier alpha value is -1.24. The summed E-state index contributed by atoms with van der Waals surface area (Å²) in [6.07, 6.45) is 0.704. The molecule has 1 aliphatic carbocycles. The van der Waals surface area contributed by atoms with Crippen LogP contribution in [-0.4, -0.2) is 41.8 Å². The third kappa shape index (κ3) is 3.68. The summed E-state index contributed by atoms with van der Waals surface area (Å²) in [4.78, 5) is 22.3. The SMILES string of the molecule is CCSc1sc(C=O)cc1C1=C(c2cc(C=O)sc2SCC)C(F)(F)C(F)(F)C1(F)F. The minimum absolute atomic E-state index is 0.0470. The van der Waals surface area contributed by atoms with Crippen molar-refractivity contribution in [2.24, 2.45) is 0 Å². The van der Waals surface area contributed by atoms with Crippen LogP contribution in [0, 0.1) is 0 Å². The van der Waals surface area contributed by atoms with Crippen LogP contribution in [0.3, 0.4) is 0 Å². The first-order valence-electron chi connectivity index (χ1n) is 8.80. The first kappa shape index (κ1) is 24.4. The van der Waals surface area contributed by atoms with Gasteiger partial charge in [-0.25, -0.2) is 0 Å². The van der Waals surface area contributed by atoms with Crippen molar-refractivity contribution in [3.05, 3.63) is 33.0 Å². The molecule has 0 N–H and O–H groups in total. The van der Waals surface area contributed by atoms with E-state index in [0.29, 0.717) is 24.1 Å². The molecule has 0 fully saturated rings. The topological polar surface area (TPSA) is 34.1 Å². The summed E-state index contributed by atoms with van der Waals surface area (Å²) >= 11 is 3.53. The Kier molecular flexibility index (Phi) is 6.77. The quantitative estimate of drug-likeness (QED) is 0.207. The minimum atomic E-state index is -5.69. The summed E-state index contributed by atoms with van der Waals surface area (Å²) in [5.41, 5.74) is -4.03. The van der Waals surface area contributed by atoms with Crippen molar-refractivity contribution in [2.75, 3.05) is 11.5 Å². The Morgan fingerprint density at radius 1 is 0.774 bits per heavy atom. The van der Waals surface area contributed by atoms with Crippen molar-refractivity contribution in [2.45, 2.75) is 40.0 Å². The summed E-state index contributed by atoms with van der Waals surface area (Å²) in [5, 5.41) is 0. The van der Waals surface area contributed by atoms with Gasteiger partial charge in [-0.1, -0.05) is 13.8 Å². The summed E-state index contributed by atoms with van der Waals surface area (Å²) in [7, 11) is 0. The first-order valence-corrected chi connectivity index (χ1v) is 12.4. The maximum absolute atomic E-state index is 15.0. The van der Waals surface area contributed by atoms with E-state index < -0.39 is 40.0 Å². The van der Waals surface area contributed by atoms with Crippen molar-refractivity contribution in [3.63, 3.8) is 0 Å². The number of hydrogen-bond donors (Lipinski definition) is 0. The van der Waals surface area contributed by atoms with Crippen LogP contribution >= 0.6 is 46.2 Å². The third-order valence-corrected chi connectivity index (χ3v) is 8.88. The molecule has 2 aromatic rings. The van der Waals surface area contributed by atoms with Crippen LogP contribution in [0.25, 0.3) is 11.1 Å². The lowest BCUT2D eigenvalue weighted by Gasteiger charge is -2.25. The van der Waals surface area contributed by atoms with Crippen LogP contribution in [0.2, 0.25) is 0 Å². The zero-order valence-corrected chi connectivity index (χ0v) is 19.2. The lowest BCUT2D eigenvalue weighted by molar-refractivity contribution is -0.254. The van der Waals surface area contributed by atoms with Gasteiger partial charge in [-0.15, -0.1) is 46.2 Å². The Morgan fingerprint density at radius 2 is 1.13 bits per heavy atom. The highest BCUT2D eigenvalue weighted by Crippen LogP contribution is 2.66. The third-order valence-electron chi connectivity index (χ3n) is 4.42. The van der Waals surface area contributed by atoms with Crippen LogP contribution in [0.15, 0.2) is 20.6 Å². The van der Waals surface area contributed by atoms with Crippen molar-refractivity contribution >= 4 is 69.9 Å². The number of aldehydes is 2. The lowest BCUT2D eigenvalue weighted by Crippen LogP contribution is -2.48. The van der Waals surface area contributed by atoms with E-state index in [-0.39, 0.29) is 18.2 Å². The Balaban J connectivity index is 2.46. The smallest absolute Gasteiger partial charge is 0.297 e. The number of carbonyl (C=O) groups excluding carboxylic acids is 2. The van der Waals surface area contributed by atoms with Gasteiger partial charge in [0.15, 0.2) is 12.6 Å². The fourth-order valence-corrected chi connectivity index (χ4v) is 7.49. The molecule has 0 spiro atoms. The number of hydrogen-bond acceptors (Lipinski definition) is 6. The average Bonchev–Trinajstić information content (AvgIpc) is 3.31. The highest BCUT2D eigenvalue weighted by molar-refractivity contribution is 8.01.